The fourth-order valence-corrected chi connectivity index (χ4v) is 2.36. The molecule has 0 aromatic carbocycles. The summed E-state index contributed by atoms with van der Waals surface area (Å²) in [6.07, 6.45) is 9.97. The van der Waals surface area contributed by atoms with Crippen LogP contribution in [0.3, 0.4) is 0 Å². The van der Waals surface area contributed by atoms with E-state index in [1.807, 2.05) is 0 Å². The molecule has 4 aromatic rings. The zero-order valence-electron chi connectivity index (χ0n) is 11.8. The molecule has 0 spiro atoms. The Kier molecular flexibility index (Phi) is 2.87. The number of nitrogens with two attached hydrogens (primary N) is 1. The van der Waals surface area contributed by atoms with Crippen LogP contribution in [0.1, 0.15) is 10.4 Å². The van der Waals surface area contributed by atoms with Crippen molar-refractivity contribution in [1.29, 1.82) is 0 Å². The Bertz CT molecular complexity index is 1000. The van der Waals surface area contributed by atoms with Crippen LogP contribution in [-0.2, 0) is 0 Å². The van der Waals surface area contributed by atoms with Crippen LogP contribution in [0.5, 0.6) is 0 Å². The highest BCUT2D eigenvalue weighted by molar-refractivity contribution is 5.96. The number of amides is 1. The van der Waals surface area contributed by atoms with Gasteiger partial charge in [0.05, 0.1) is 23.7 Å². The predicted octanol–water partition coefficient (Wildman–Crippen LogP) is 1.51. The molecule has 0 aliphatic heterocycles. The first kappa shape index (κ1) is 13.1. The van der Waals surface area contributed by atoms with Gasteiger partial charge in [-0.3, -0.25) is 14.9 Å². The summed E-state index contributed by atoms with van der Waals surface area (Å²) in [6, 6.07) is 1.68. The van der Waals surface area contributed by atoms with Crippen molar-refractivity contribution >= 4 is 17.1 Å². The van der Waals surface area contributed by atoms with E-state index in [2.05, 4.69) is 30.1 Å². The lowest BCUT2D eigenvalue weighted by Crippen LogP contribution is -2.11. The molecule has 23 heavy (non-hydrogen) atoms. The monoisotopic (exact) mass is 305 g/mol. The van der Waals surface area contributed by atoms with Gasteiger partial charge in [-0.15, -0.1) is 0 Å². The van der Waals surface area contributed by atoms with Crippen LogP contribution in [0.2, 0.25) is 0 Å². The molecular formula is C15H11N7O. The molecule has 1 amide bonds. The molecule has 0 atom stereocenters. The first-order valence-electron chi connectivity index (χ1n) is 6.81. The van der Waals surface area contributed by atoms with Crippen LogP contribution in [0.25, 0.3) is 33.5 Å². The van der Waals surface area contributed by atoms with Gasteiger partial charge in [-0.2, -0.15) is 5.10 Å². The highest BCUT2D eigenvalue weighted by atomic mass is 16.1. The van der Waals surface area contributed by atoms with Gasteiger partial charge in [0.25, 0.3) is 0 Å². The van der Waals surface area contributed by atoms with E-state index in [9.17, 15) is 4.79 Å². The molecule has 4 N–H and O–H groups in total. The lowest BCUT2D eigenvalue weighted by atomic mass is 10.1. The minimum absolute atomic E-state index is 0.343. The van der Waals surface area contributed by atoms with Crippen LogP contribution in [-0.4, -0.2) is 36.0 Å². The van der Waals surface area contributed by atoms with E-state index in [1.54, 1.807) is 37.1 Å². The molecule has 0 unspecified atom stereocenters. The molecule has 0 fully saturated rings. The molecule has 112 valence electrons. The number of rotatable bonds is 3. The molecule has 0 radical (unpaired) electrons. The molecule has 4 rings (SSSR count). The van der Waals surface area contributed by atoms with Crippen molar-refractivity contribution in [3.05, 3.63) is 48.8 Å². The second kappa shape index (κ2) is 5.02. The van der Waals surface area contributed by atoms with Gasteiger partial charge in [-0.05, 0) is 6.07 Å². The first-order valence-corrected chi connectivity index (χ1v) is 6.81. The number of aromatic nitrogens is 6. The normalized spacial score (nSPS) is 11.0. The second-order valence-electron chi connectivity index (χ2n) is 4.97. The average molecular weight is 305 g/mol. The summed E-state index contributed by atoms with van der Waals surface area (Å²) in [7, 11) is 0. The number of carbonyl (C=O) groups is 1. The highest BCUT2D eigenvalue weighted by Crippen LogP contribution is 2.28. The van der Waals surface area contributed by atoms with Crippen molar-refractivity contribution in [3.8, 4) is 22.4 Å². The first-order chi connectivity index (χ1) is 11.2. The van der Waals surface area contributed by atoms with Crippen molar-refractivity contribution in [2.75, 3.05) is 0 Å². The molecule has 0 aliphatic rings. The van der Waals surface area contributed by atoms with E-state index in [0.717, 1.165) is 16.7 Å². The Labute approximate surface area is 129 Å². The largest absolute Gasteiger partial charge is 0.366 e. The van der Waals surface area contributed by atoms with Gasteiger partial charge in [-0.25, -0.2) is 9.97 Å². The van der Waals surface area contributed by atoms with Gasteiger partial charge in [0, 0.05) is 41.5 Å². The fraction of sp³-hybridized carbons (Fsp3) is 0. The fourth-order valence-electron chi connectivity index (χ4n) is 2.36. The van der Waals surface area contributed by atoms with E-state index >= 15 is 0 Å². The molecule has 8 heteroatoms. The van der Waals surface area contributed by atoms with Crippen LogP contribution < -0.4 is 5.73 Å². The number of fused-ring (bicyclic) bond motifs is 1. The minimum atomic E-state index is -0.524. The van der Waals surface area contributed by atoms with Gasteiger partial charge < -0.3 is 10.7 Å². The van der Waals surface area contributed by atoms with Crippen molar-refractivity contribution in [2.24, 2.45) is 5.73 Å². The summed E-state index contributed by atoms with van der Waals surface area (Å²) >= 11 is 0. The van der Waals surface area contributed by atoms with E-state index in [-0.39, 0.29) is 0 Å². The number of aromatic amines is 2. The predicted molar refractivity (Wildman–Crippen MR) is 83.2 cm³/mol. The summed E-state index contributed by atoms with van der Waals surface area (Å²) < 4.78 is 0. The molecule has 0 saturated heterocycles. The zero-order valence-corrected chi connectivity index (χ0v) is 11.8. The van der Waals surface area contributed by atoms with Crippen molar-refractivity contribution in [3.63, 3.8) is 0 Å². The quantitative estimate of drug-likeness (QED) is 0.529. The molecule has 0 bridgehead atoms. The number of nitrogens with one attached hydrogen (secondary N) is 2. The van der Waals surface area contributed by atoms with Gasteiger partial charge in [0.1, 0.15) is 5.52 Å². The lowest BCUT2D eigenvalue weighted by Gasteiger charge is -2.02. The van der Waals surface area contributed by atoms with Crippen LogP contribution in [0.4, 0.5) is 0 Å². The number of pyridine rings is 1. The Morgan fingerprint density at radius 3 is 2.78 bits per heavy atom. The van der Waals surface area contributed by atoms with E-state index in [4.69, 9.17) is 5.73 Å². The van der Waals surface area contributed by atoms with Crippen molar-refractivity contribution in [2.45, 2.75) is 0 Å². The van der Waals surface area contributed by atoms with Gasteiger partial charge in [-0.1, -0.05) is 0 Å². The molecule has 0 saturated carbocycles. The van der Waals surface area contributed by atoms with Crippen LogP contribution >= 0.6 is 0 Å². The van der Waals surface area contributed by atoms with Crippen LogP contribution in [0.15, 0.2) is 43.2 Å². The number of primary amides is 1. The smallest absolute Gasteiger partial charge is 0.250 e. The summed E-state index contributed by atoms with van der Waals surface area (Å²) in [4.78, 5) is 27.5. The lowest BCUT2D eigenvalue weighted by molar-refractivity contribution is 0.1000. The van der Waals surface area contributed by atoms with E-state index in [1.165, 1.54) is 6.20 Å². The molecule has 4 aromatic heterocycles. The van der Waals surface area contributed by atoms with Crippen molar-refractivity contribution in [1.82, 2.24) is 30.1 Å². The number of nitrogens with zero attached hydrogens (tertiary/aromatic N) is 4. The summed E-state index contributed by atoms with van der Waals surface area (Å²) in [5.41, 5.74) is 10.1. The number of H-pyrrole nitrogens is 2. The van der Waals surface area contributed by atoms with Crippen molar-refractivity contribution < 1.29 is 4.79 Å². The number of hydrogen-bond donors (Lipinski definition) is 3. The maximum absolute atomic E-state index is 11.3. The minimum Gasteiger partial charge on any atom is -0.366 e. The molecule has 4 heterocycles. The summed E-state index contributed by atoms with van der Waals surface area (Å²) in [5, 5.41) is 6.67. The number of hydrogen-bond acceptors (Lipinski definition) is 5. The molecule has 0 aliphatic carbocycles. The molecule has 8 nitrogen and oxygen atoms in total. The topological polar surface area (TPSA) is 126 Å². The van der Waals surface area contributed by atoms with E-state index < -0.39 is 5.91 Å². The summed E-state index contributed by atoms with van der Waals surface area (Å²) in [5.74, 6) is -0.524. The Morgan fingerprint density at radius 1 is 1.09 bits per heavy atom. The average Bonchev–Trinajstić information content (AvgIpc) is 3.24. The van der Waals surface area contributed by atoms with Gasteiger partial charge in [0.15, 0.2) is 5.65 Å². The summed E-state index contributed by atoms with van der Waals surface area (Å²) in [6.45, 7) is 0. The van der Waals surface area contributed by atoms with E-state index in [0.29, 0.717) is 22.4 Å². The highest BCUT2D eigenvalue weighted by Gasteiger charge is 2.12. The Morgan fingerprint density at radius 2 is 2.00 bits per heavy atom. The number of carbonyl (C=O) groups excluding carboxylic acids is 1. The maximum atomic E-state index is 11.3. The zero-order chi connectivity index (χ0) is 15.8. The third-order valence-electron chi connectivity index (χ3n) is 3.51. The van der Waals surface area contributed by atoms with Crippen LogP contribution in [0, 0.1) is 0 Å². The Balaban J connectivity index is 1.89. The maximum Gasteiger partial charge on any atom is 0.250 e. The third kappa shape index (κ3) is 2.22. The van der Waals surface area contributed by atoms with Gasteiger partial charge in [0.2, 0.25) is 5.91 Å². The second-order valence-corrected chi connectivity index (χ2v) is 4.97. The SMILES string of the molecule is NC(=O)c1cncc(-c2c[nH]c3ncc(-c4cn[nH]c4)nc23)c1. The standard InChI is InChI=1S/C15H11N7O/c16-14(23)9-1-8(2-17-3-9)11-6-18-15-13(11)22-12(7-19-15)10-4-20-21-5-10/h1-7H,(H2,16,23)(H,18,19)(H,20,21). The Hall–Kier alpha value is -3.55. The van der Waals surface area contributed by atoms with Gasteiger partial charge >= 0.3 is 0 Å². The molecular weight excluding hydrogens is 294 g/mol. The third-order valence-corrected chi connectivity index (χ3v) is 3.51.